The van der Waals surface area contributed by atoms with Crippen molar-refractivity contribution >= 4 is 67.2 Å². The molecule has 7 atom stereocenters. The Balaban J connectivity index is 1.58. The summed E-state index contributed by atoms with van der Waals surface area (Å²) in [6.45, 7) is 12.5. The highest BCUT2D eigenvalue weighted by Gasteiger charge is 2.52. The van der Waals surface area contributed by atoms with Crippen molar-refractivity contribution in [1.82, 2.24) is 42.1 Å². The minimum absolute atomic E-state index is 0.0312. The topological polar surface area (TPSA) is 363 Å². The Kier molecular flexibility index (Phi) is 55.9. The number of hydrogen-bond donors (Lipinski definition) is 8. The normalized spacial score (nSPS) is 16.2. The van der Waals surface area contributed by atoms with Crippen LogP contribution >= 0.6 is 7.82 Å². The summed E-state index contributed by atoms with van der Waals surface area (Å²) in [7, 11) is -4.72. The van der Waals surface area contributed by atoms with Crippen LogP contribution in [0.25, 0.3) is 0 Å². The van der Waals surface area contributed by atoms with Crippen molar-refractivity contribution in [2.75, 3.05) is 78.9 Å². The Morgan fingerprint density at radius 3 is 1.43 bits per heavy atom. The second kappa shape index (κ2) is 61.4. The predicted octanol–water partition coefficient (Wildman–Crippen LogP) is 11.7. The monoisotopic (exact) mass is 1510 g/mol. The molecule has 2 unspecified atom stereocenters. The molecule has 0 aromatic carbocycles. The van der Waals surface area contributed by atoms with Gasteiger partial charge in [-0.2, -0.15) is 0 Å². The van der Waals surface area contributed by atoms with Gasteiger partial charge in [0.15, 0.2) is 18.3 Å². The number of phosphoric ester groups is 1. The van der Waals surface area contributed by atoms with Crippen molar-refractivity contribution in [2.24, 2.45) is 11.8 Å². The third kappa shape index (κ3) is 52.3. The first-order chi connectivity index (χ1) is 50.5. The number of amides is 8. The summed E-state index contributed by atoms with van der Waals surface area (Å²) in [5, 5.41) is 18.2. The molecule has 2 fully saturated rings. The lowest BCUT2D eigenvalue weighted by Gasteiger charge is -2.28. The van der Waals surface area contributed by atoms with Gasteiger partial charge in [0, 0.05) is 45.1 Å². The van der Waals surface area contributed by atoms with E-state index in [-0.39, 0.29) is 88.5 Å². The average molecular weight is 1510 g/mol. The fourth-order valence-electron chi connectivity index (χ4n) is 12.4. The molecule has 608 valence electrons. The number of carbonyl (C=O) groups is 10. The van der Waals surface area contributed by atoms with E-state index >= 15 is 0 Å². The van der Waals surface area contributed by atoms with Gasteiger partial charge in [0.25, 0.3) is 11.8 Å². The summed E-state index contributed by atoms with van der Waals surface area (Å²) >= 11 is 0. The maximum Gasteiger partial charge on any atom is 0.472 e. The molecule has 8 N–H and O–H groups in total. The number of carbonyl (C=O) groups excluding carboxylic acids is 10. The van der Waals surface area contributed by atoms with Crippen LogP contribution in [0.5, 0.6) is 0 Å². The Hall–Kier alpha value is -5.47. The fraction of sp³-hybridized carbons (Fsp3) is 0.870. The lowest BCUT2D eigenvalue weighted by molar-refractivity contribution is -0.161. The first-order valence-electron chi connectivity index (χ1n) is 40.6. The van der Waals surface area contributed by atoms with Gasteiger partial charge in [-0.25, -0.2) is 9.36 Å². The molecule has 27 nitrogen and oxygen atoms in total. The predicted molar refractivity (Wildman–Crippen MR) is 404 cm³/mol. The highest BCUT2D eigenvalue weighted by molar-refractivity contribution is 7.47. The highest BCUT2D eigenvalue weighted by atomic mass is 31.2. The van der Waals surface area contributed by atoms with E-state index in [4.69, 9.17) is 32.7 Å². The van der Waals surface area contributed by atoms with E-state index in [1.807, 2.05) is 34.6 Å². The molecule has 2 saturated heterocycles. The van der Waals surface area contributed by atoms with Crippen molar-refractivity contribution < 1.29 is 90.1 Å². The lowest BCUT2D eigenvalue weighted by Crippen LogP contribution is -2.52. The van der Waals surface area contributed by atoms with E-state index in [9.17, 15) is 57.4 Å². The van der Waals surface area contributed by atoms with Gasteiger partial charge in [0.05, 0.1) is 32.9 Å². The molecular formula is C77H141N8O19P. The van der Waals surface area contributed by atoms with Gasteiger partial charge in [-0.05, 0) is 70.1 Å². The fourth-order valence-corrected chi connectivity index (χ4v) is 13.2. The van der Waals surface area contributed by atoms with E-state index in [1.165, 1.54) is 141 Å². The smallest absolute Gasteiger partial charge is 0.462 e. The summed E-state index contributed by atoms with van der Waals surface area (Å²) < 4.78 is 49.8. The largest absolute Gasteiger partial charge is 0.472 e. The number of esters is 2. The van der Waals surface area contributed by atoms with Crippen LogP contribution in [0, 0.1) is 11.8 Å². The van der Waals surface area contributed by atoms with Crippen LogP contribution in [0.2, 0.25) is 0 Å². The average Bonchev–Trinajstić information content (AvgIpc) is 1.64. The number of alkyl carbamates (subject to hydrolysis) is 1. The molecule has 0 aliphatic carbocycles. The molecule has 0 saturated carbocycles. The standard InChI is InChI=1S/C77H141N8O19P/c1-8-10-12-14-16-18-20-22-24-26-28-30-32-34-38-44-69(89)100-57-63(103-70(90)45-39-35-33-31-29-27-25-23-21-19-17-15-13-11-9-2)58-102-105(96,97)101-50-48-80-77(95)99-52-51-98-59-68(88)79-47-41-37-36-40-46-78-66(86)55-81-67(87)56-82-73(91)64(53-60(3)4)83-74(92)71-72(104-71)75(93)84-65(54-61(5)6)76(94)85-49-42-43-62(85)7/h60-65,71-72H,8-59H2,1-7H3,(H,78,86)(H,79,88)(H,80,95)(H,81,87)(H,82,91)(H,83,92)(H,84,93)(H,96,97)/t62-,63-,64+,65+,71?,72+/m1/s1. The van der Waals surface area contributed by atoms with E-state index in [2.05, 4.69) is 51.1 Å². The molecule has 0 bridgehead atoms. The number of phosphoric acid groups is 1. The second-order valence-corrected chi connectivity index (χ2v) is 30.9. The van der Waals surface area contributed by atoms with Crippen molar-refractivity contribution in [1.29, 1.82) is 0 Å². The van der Waals surface area contributed by atoms with Gasteiger partial charge in [-0.15, -0.1) is 0 Å². The van der Waals surface area contributed by atoms with Crippen LogP contribution in [0.1, 0.15) is 305 Å². The first-order valence-corrected chi connectivity index (χ1v) is 42.1. The summed E-state index contributed by atoms with van der Waals surface area (Å²) in [5.74, 6) is -4.36. The number of nitrogens with one attached hydrogen (secondary N) is 7. The molecule has 0 radical (unpaired) electrons. The van der Waals surface area contributed by atoms with Crippen molar-refractivity contribution in [3.63, 3.8) is 0 Å². The minimum atomic E-state index is -4.72. The Morgan fingerprint density at radius 2 is 0.933 bits per heavy atom. The quantitative estimate of drug-likeness (QED) is 0.00922. The van der Waals surface area contributed by atoms with Gasteiger partial charge >= 0.3 is 25.9 Å². The van der Waals surface area contributed by atoms with Crippen LogP contribution in [0.4, 0.5) is 4.79 Å². The maximum atomic E-state index is 13.3. The van der Waals surface area contributed by atoms with E-state index in [1.54, 1.807) is 4.90 Å². The van der Waals surface area contributed by atoms with Crippen LogP contribution in [-0.2, 0) is 80.4 Å². The zero-order chi connectivity index (χ0) is 77.1. The molecule has 0 aromatic heterocycles. The molecule has 2 heterocycles. The molecule has 28 heteroatoms. The van der Waals surface area contributed by atoms with Gasteiger partial charge in [-0.3, -0.25) is 52.2 Å². The molecule has 0 aromatic rings. The van der Waals surface area contributed by atoms with Gasteiger partial charge in [0.2, 0.25) is 29.5 Å². The van der Waals surface area contributed by atoms with Crippen molar-refractivity contribution in [3.8, 4) is 0 Å². The van der Waals surface area contributed by atoms with Crippen LogP contribution in [-0.4, -0.2) is 185 Å². The SMILES string of the molecule is CCCCCCCCCCCCCCCCCC(=O)OC[C@H](COP(=O)(O)OCCNC(=O)OCCOCC(=O)NCCCCCCNC(=O)CNC(=O)CNC(=O)[C@H](CC(C)C)NC(=O)C1O[C@@H]1C(=O)N[C@@H](CC(C)C)C(=O)N1CCC[C@H]1C)OC(=O)CCCCCCCCCCCCCCCCC. The minimum Gasteiger partial charge on any atom is -0.462 e. The number of nitrogens with zero attached hydrogens (tertiary/aromatic N) is 1. The van der Waals surface area contributed by atoms with Gasteiger partial charge in [-0.1, -0.05) is 234 Å². The van der Waals surface area contributed by atoms with Gasteiger partial charge in [0.1, 0.15) is 31.9 Å². The Morgan fingerprint density at radius 1 is 0.486 bits per heavy atom. The van der Waals surface area contributed by atoms with Crippen molar-refractivity contribution in [2.45, 2.75) is 342 Å². The molecule has 0 spiro atoms. The van der Waals surface area contributed by atoms with Crippen LogP contribution < -0.4 is 37.2 Å². The zero-order valence-electron chi connectivity index (χ0n) is 65.6. The zero-order valence-corrected chi connectivity index (χ0v) is 66.5. The summed E-state index contributed by atoms with van der Waals surface area (Å²) in [4.78, 5) is 140. The third-order valence-electron chi connectivity index (χ3n) is 18.6. The number of ether oxygens (including phenoxy) is 5. The highest BCUT2D eigenvalue weighted by Crippen LogP contribution is 2.43. The number of rotatable bonds is 68. The number of likely N-dealkylation sites (tertiary alicyclic amines) is 1. The molecule has 2 aliphatic rings. The van der Waals surface area contributed by atoms with Crippen molar-refractivity contribution in [3.05, 3.63) is 0 Å². The summed E-state index contributed by atoms with van der Waals surface area (Å²) in [5.41, 5.74) is 0. The Labute approximate surface area is 629 Å². The molecule has 2 rings (SSSR count). The maximum absolute atomic E-state index is 13.3. The van der Waals surface area contributed by atoms with E-state index in [0.29, 0.717) is 51.7 Å². The van der Waals surface area contributed by atoms with Crippen LogP contribution in [0.15, 0.2) is 0 Å². The van der Waals surface area contributed by atoms with Gasteiger partial charge < -0.3 is 70.7 Å². The molecule has 8 amide bonds. The molecule has 105 heavy (non-hydrogen) atoms. The third-order valence-corrected chi connectivity index (χ3v) is 19.5. The number of hydrogen-bond acceptors (Lipinski definition) is 18. The van der Waals surface area contributed by atoms with E-state index < -0.39 is 106 Å². The molecule has 2 aliphatic heterocycles. The van der Waals surface area contributed by atoms with E-state index in [0.717, 1.165) is 64.2 Å². The number of epoxide rings is 1. The lowest BCUT2D eigenvalue weighted by atomic mass is 10.0. The first kappa shape index (κ1) is 95.6. The second-order valence-electron chi connectivity index (χ2n) is 29.4. The summed E-state index contributed by atoms with van der Waals surface area (Å²) in [6, 6.07) is -1.72. The Bertz CT molecular complexity index is 2460. The number of unbranched alkanes of at least 4 members (excludes halogenated alkanes) is 31. The molecular weight excluding hydrogens is 1370 g/mol. The van der Waals surface area contributed by atoms with Crippen LogP contribution in [0.3, 0.4) is 0 Å². The summed E-state index contributed by atoms with van der Waals surface area (Å²) in [6.07, 6.45) is 37.2.